The van der Waals surface area contributed by atoms with Crippen LogP contribution in [0.1, 0.15) is 42.6 Å². The molecule has 0 saturated carbocycles. The Morgan fingerprint density at radius 1 is 0.950 bits per heavy atom. The third-order valence-corrected chi connectivity index (χ3v) is 3.49. The summed E-state index contributed by atoms with van der Waals surface area (Å²) in [6.07, 6.45) is 0. The van der Waals surface area contributed by atoms with Crippen molar-refractivity contribution in [1.29, 1.82) is 0 Å². The van der Waals surface area contributed by atoms with Gasteiger partial charge < -0.3 is 5.32 Å². The highest BCUT2D eigenvalue weighted by atomic mass is 19.2. The van der Waals surface area contributed by atoms with E-state index in [9.17, 15) is 8.78 Å². The summed E-state index contributed by atoms with van der Waals surface area (Å²) in [4.78, 5) is 0. The van der Waals surface area contributed by atoms with E-state index in [1.807, 2.05) is 39.0 Å². The number of benzene rings is 2. The van der Waals surface area contributed by atoms with Crippen molar-refractivity contribution in [2.75, 3.05) is 0 Å². The molecule has 0 saturated heterocycles. The first kappa shape index (κ1) is 14.7. The molecule has 20 heavy (non-hydrogen) atoms. The van der Waals surface area contributed by atoms with E-state index in [0.717, 1.165) is 11.6 Å². The second kappa shape index (κ2) is 6.14. The molecule has 0 spiro atoms. The minimum absolute atomic E-state index is 0.0626. The minimum atomic E-state index is -0.806. The number of rotatable bonds is 4. The average molecular weight is 275 g/mol. The van der Waals surface area contributed by atoms with Gasteiger partial charge in [-0.1, -0.05) is 42.0 Å². The van der Waals surface area contributed by atoms with E-state index in [1.54, 1.807) is 6.07 Å². The van der Waals surface area contributed by atoms with Crippen molar-refractivity contribution < 1.29 is 8.78 Å². The predicted octanol–water partition coefficient (Wildman–Crippen LogP) is 4.69. The highest BCUT2D eigenvalue weighted by Crippen LogP contribution is 2.23. The van der Waals surface area contributed by atoms with Gasteiger partial charge in [0, 0.05) is 17.6 Å². The predicted molar refractivity (Wildman–Crippen MR) is 77.5 cm³/mol. The molecule has 0 heterocycles. The molecule has 1 unspecified atom stereocenters. The molecule has 2 atom stereocenters. The van der Waals surface area contributed by atoms with Crippen LogP contribution in [0.2, 0.25) is 0 Å². The van der Waals surface area contributed by atoms with Gasteiger partial charge in [0.15, 0.2) is 11.6 Å². The standard InChI is InChI=1S/C17H19F2N/c1-11-6-4-7-14(10-11)12(2)20-13(3)15-8-5-9-16(18)17(15)19/h4-10,12-13,20H,1-3H3/t12-,13?/m1/s1. The summed E-state index contributed by atoms with van der Waals surface area (Å²) in [7, 11) is 0. The van der Waals surface area contributed by atoms with E-state index in [2.05, 4.69) is 11.4 Å². The Morgan fingerprint density at radius 3 is 2.35 bits per heavy atom. The Labute approximate surface area is 118 Å². The summed E-state index contributed by atoms with van der Waals surface area (Å²) >= 11 is 0. The maximum Gasteiger partial charge on any atom is 0.163 e. The molecular weight excluding hydrogens is 256 g/mol. The van der Waals surface area contributed by atoms with Gasteiger partial charge >= 0.3 is 0 Å². The van der Waals surface area contributed by atoms with Crippen molar-refractivity contribution in [3.8, 4) is 0 Å². The summed E-state index contributed by atoms with van der Waals surface area (Å²) in [6.45, 7) is 5.89. The summed E-state index contributed by atoms with van der Waals surface area (Å²) in [6, 6.07) is 12.2. The van der Waals surface area contributed by atoms with Crippen LogP contribution in [0.25, 0.3) is 0 Å². The molecule has 0 aromatic heterocycles. The van der Waals surface area contributed by atoms with E-state index in [-0.39, 0.29) is 12.1 Å². The maximum atomic E-state index is 13.8. The molecule has 0 radical (unpaired) electrons. The van der Waals surface area contributed by atoms with Crippen molar-refractivity contribution in [3.63, 3.8) is 0 Å². The van der Waals surface area contributed by atoms with Gasteiger partial charge in [-0.25, -0.2) is 8.78 Å². The Bertz CT molecular complexity index is 595. The Morgan fingerprint density at radius 2 is 1.65 bits per heavy atom. The van der Waals surface area contributed by atoms with Crippen LogP contribution in [0.4, 0.5) is 8.78 Å². The van der Waals surface area contributed by atoms with Crippen LogP contribution in [0, 0.1) is 18.6 Å². The van der Waals surface area contributed by atoms with E-state index in [1.165, 1.54) is 11.6 Å². The molecule has 3 heteroatoms. The van der Waals surface area contributed by atoms with Crippen LogP contribution < -0.4 is 5.32 Å². The lowest BCUT2D eigenvalue weighted by atomic mass is 10.0. The smallest absolute Gasteiger partial charge is 0.163 e. The van der Waals surface area contributed by atoms with Gasteiger partial charge in [0.05, 0.1) is 0 Å². The minimum Gasteiger partial charge on any atom is -0.304 e. The van der Waals surface area contributed by atoms with Gasteiger partial charge in [0.1, 0.15) is 0 Å². The summed E-state index contributed by atoms with van der Waals surface area (Å²) in [5, 5.41) is 3.30. The SMILES string of the molecule is Cc1cccc([C@@H](C)NC(C)c2cccc(F)c2F)c1. The van der Waals surface area contributed by atoms with Crippen molar-refractivity contribution in [1.82, 2.24) is 5.32 Å². The molecule has 0 bridgehead atoms. The molecule has 0 aliphatic heterocycles. The largest absolute Gasteiger partial charge is 0.304 e. The van der Waals surface area contributed by atoms with Crippen LogP contribution in [0.3, 0.4) is 0 Å². The summed E-state index contributed by atoms with van der Waals surface area (Å²) in [5.74, 6) is -1.58. The molecule has 2 aromatic rings. The van der Waals surface area contributed by atoms with Gasteiger partial charge in [-0.3, -0.25) is 0 Å². The van der Waals surface area contributed by atoms with E-state index >= 15 is 0 Å². The van der Waals surface area contributed by atoms with Gasteiger partial charge in [0.2, 0.25) is 0 Å². The lowest BCUT2D eigenvalue weighted by Gasteiger charge is -2.21. The summed E-state index contributed by atoms with van der Waals surface area (Å²) in [5.41, 5.74) is 2.67. The zero-order chi connectivity index (χ0) is 14.7. The van der Waals surface area contributed by atoms with Crippen molar-refractivity contribution >= 4 is 0 Å². The van der Waals surface area contributed by atoms with Crippen LogP contribution in [-0.4, -0.2) is 0 Å². The van der Waals surface area contributed by atoms with Gasteiger partial charge in [-0.15, -0.1) is 0 Å². The maximum absolute atomic E-state index is 13.8. The van der Waals surface area contributed by atoms with Crippen molar-refractivity contribution in [3.05, 3.63) is 70.8 Å². The molecule has 1 N–H and O–H groups in total. The highest BCUT2D eigenvalue weighted by Gasteiger charge is 2.16. The highest BCUT2D eigenvalue weighted by molar-refractivity contribution is 5.26. The fourth-order valence-corrected chi connectivity index (χ4v) is 2.36. The second-order valence-electron chi connectivity index (χ2n) is 5.17. The second-order valence-corrected chi connectivity index (χ2v) is 5.17. The zero-order valence-corrected chi connectivity index (χ0v) is 12.0. The molecule has 0 fully saturated rings. The Hall–Kier alpha value is -1.74. The summed E-state index contributed by atoms with van der Waals surface area (Å²) < 4.78 is 27.0. The third-order valence-electron chi connectivity index (χ3n) is 3.49. The van der Waals surface area contributed by atoms with E-state index < -0.39 is 11.6 Å². The van der Waals surface area contributed by atoms with Gasteiger partial charge in [0.25, 0.3) is 0 Å². The van der Waals surface area contributed by atoms with Crippen LogP contribution in [-0.2, 0) is 0 Å². The topological polar surface area (TPSA) is 12.0 Å². The first-order valence-electron chi connectivity index (χ1n) is 6.75. The monoisotopic (exact) mass is 275 g/mol. The lowest BCUT2D eigenvalue weighted by Crippen LogP contribution is -2.23. The number of hydrogen-bond donors (Lipinski definition) is 1. The molecule has 0 aliphatic rings. The van der Waals surface area contributed by atoms with Crippen LogP contribution in [0.15, 0.2) is 42.5 Å². The van der Waals surface area contributed by atoms with Crippen LogP contribution >= 0.6 is 0 Å². The normalized spacial score (nSPS) is 14.1. The molecule has 0 aliphatic carbocycles. The van der Waals surface area contributed by atoms with E-state index in [4.69, 9.17) is 0 Å². The van der Waals surface area contributed by atoms with Crippen molar-refractivity contribution in [2.24, 2.45) is 0 Å². The fraction of sp³-hybridized carbons (Fsp3) is 0.294. The average Bonchev–Trinajstić information content (AvgIpc) is 2.41. The molecule has 2 rings (SSSR count). The molecule has 0 amide bonds. The number of nitrogens with one attached hydrogen (secondary N) is 1. The van der Waals surface area contributed by atoms with E-state index in [0.29, 0.717) is 5.56 Å². The fourth-order valence-electron chi connectivity index (χ4n) is 2.36. The molecule has 106 valence electrons. The van der Waals surface area contributed by atoms with Crippen molar-refractivity contribution in [2.45, 2.75) is 32.9 Å². The molecule has 2 aromatic carbocycles. The quantitative estimate of drug-likeness (QED) is 0.854. The lowest BCUT2D eigenvalue weighted by molar-refractivity contribution is 0.449. The Balaban J connectivity index is 2.15. The van der Waals surface area contributed by atoms with Gasteiger partial charge in [-0.2, -0.15) is 0 Å². The molecular formula is C17H19F2N. The number of halogens is 2. The zero-order valence-electron chi connectivity index (χ0n) is 12.0. The third kappa shape index (κ3) is 3.23. The molecule has 1 nitrogen and oxygen atoms in total. The van der Waals surface area contributed by atoms with Crippen LogP contribution in [0.5, 0.6) is 0 Å². The first-order valence-corrected chi connectivity index (χ1v) is 6.75. The first-order chi connectivity index (χ1) is 9.49. The number of aryl methyl sites for hydroxylation is 1. The van der Waals surface area contributed by atoms with Gasteiger partial charge in [-0.05, 0) is 32.4 Å². The number of hydrogen-bond acceptors (Lipinski definition) is 1. The Kier molecular flexibility index (Phi) is 4.50.